The number of anilines is 1. The third kappa shape index (κ3) is 2.11. The Bertz CT molecular complexity index is 604. The smallest absolute Gasteiger partial charge is 0.133 e. The first-order chi connectivity index (χ1) is 9.63. The van der Waals surface area contributed by atoms with Crippen molar-refractivity contribution in [3.8, 4) is 11.4 Å². The molecule has 108 valence electrons. The van der Waals surface area contributed by atoms with Crippen LogP contribution >= 0.6 is 0 Å². The molecule has 0 radical (unpaired) electrons. The predicted octanol–water partition coefficient (Wildman–Crippen LogP) is 3.20. The number of aromatic nitrogens is 4. The summed E-state index contributed by atoms with van der Waals surface area (Å²) in [4.78, 5) is 9.10. The van der Waals surface area contributed by atoms with E-state index in [1.54, 1.807) is 0 Å². The fourth-order valence-corrected chi connectivity index (χ4v) is 2.79. The molecule has 1 aliphatic rings. The van der Waals surface area contributed by atoms with E-state index in [0.29, 0.717) is 12.1 Å². The van der Waals surface area contributed by atoms with E-state index >= 15 is 0 Å². The van der Waals surface area contributed by atoms with Crippen LogP contribution in [0.2, 0.25) is 0 Å². The van der Waals surface area contributed by atoms with Crippen molar-refractivity contribution in [1.82, 2.24) is 19.1 Å². The zero-order valence-electron chi connectivity index (χ0n) is 12.5. The summed E-state index contributed by atoms with van der Waals surface area (Å²) in [5.41, 5.74) is 8.33. The molecule has 0 unspecified atom stereocenters. The van der Waals surface area contributed by atoms with Gasteiger partial charge in [-0.05, 0) is 33.1 Å². The van der Waals surface area contributed by atoms with Gasteiger partial charge in [-0.25, -0.2) is 9.97 Å². The summed E-state index contributed by atoms with van der Waals surface area (Å²) in [5, 5.41) is 0. The van der Waals surface area contributed by atoms with Gasteiger partial charge in [-0.3, -0.25) is 0 Å². The molecule has 5 heteroatoms. The van der Waals surface area contributed by atoms with Crippen LogP contribution < -0.4 is 5.73 Å². The second-order valence-electron chi connectivity index (χ2n) is 5.89. The standard InChI is InChI=1S/C15H23N5/c1-4-5-13-18-14(15(16)20(13)10(2)3)12-8-17-9-19(12)11-6-7-11/h8-11H,4-7,16H2,1-3H3. The minimum absolute atomic E-state index is 0.329. The number of rotatable bonds is 5. The van der Waals surface area contributed by atoms with Gasteiger partial charge in [0.05, 0.1) is 18.2 Å². The van der Waals surface area contributed by atoms with Crippen LogP contribution in [0.25, 0.3) is 11.4 Å². The molecule has 2 aromatic rings. The van der Waals surface area contributed by atoms with E-state index in [9.17, 15) is 0 Å². The molecule has 1 aliphatic carbocycles. The molecule has 2 heterocycles. The van der Waals surface area contributed by atoms with Crippen LogP contribution in [0.1, 0.15) is 57.9 Å². The number of imidazole rings is 2. The van der Waals surface area contributed by atoms with E-state index in [2.05, 4.69) is 34.9 Å². The van der Waals surface area contributed by atoms with Gasteiger partial charge in [-0.1, -0.05) is 6.92 Å². The van der Waals surface area contributed by atoms with Crippen LogP contribution in [0.5, 0.6) is 0 Å². The summed E-state index contributed by atoms with van der Waals surface area (Å²) >= 11 is 0. The van der Waals surface area contributed by atoms with Crippen LogP contribution in [0.4, 0.5) is 5.82 Å². The fraction of sp³-hybridized carbons (Fsp3) is 0.600. The monoisotopic (exact) mass is 273 g/mol. The molecule has 3 rings (SSSR count). The van der Waals surface area contributed by atoms with Gasteiger partial charge in [-0.15, -0.1) is 0 Å². The van der Waals surface area contributed by atoms with Gasteiger partial charge in [0.15, 0.2) is 0 Å². The zero-order chi connectivity index (χ0) is 14.3. The summed E-state index contributed by atoms with van der Waals surface area (Å²) in [7, 11) is 0. The average molecular weight is 273 g/mol. The molecule has 0 saturated heterocycles. The highest BCUT2D eigenvalue weighted by Crippen LogP contribution is 2.39. The summed E-state index contributed by atoms with van der Waals surface area (Å²) in [6.07, 6.45) is 8.29. The Morgan fingerprint density at radius 1 is 1.40 bits per heavy atom. The molecule has 0 aromatic carbocycles. The van der Waals surface area contributed by atoms with Crippen LogP contribution in [-0.4, -0.2) is 19.1 Å². The minimum Gasteiger partial charge on any atom is -0.383 e. The third-order valence-electron chi connectivity index (χ3n) is 3.86. The second-order valence-corrected chi connectivity index (χ2v) is 5.89. The number of aryl methyl sites for hydroxylation is 1. The van der Waals surface area contributed by atoms with Crippen molar-refractivity contribution in [2.45, 2.75) is 58.5 Å². The lowest BCUT2D eigenvalue weighted by Crippen LogP contribution is -2.09. The maximum Gasteiger partial charge on any atom is 0.133 e. The minimum atomic E-state index is 0.329. The number of nitrogens with two attached hydrogens (primary N) is 1. The lowest BCUT2D eigenvalue weighted by Gasteiger charge is -2.13. The van der Waals surface area contributed by atoms with Crippen molar-refractivity contribution in [3.05, 3.63) is 18.3 Å². The average Bonchev–Trinajstić information content (AvgIpc) is 3.03. The molecule has 1 saturated carbocycles. The van der Waals surface area contributed by atoms with Gasteiger partial charge >= 0.3 is 0 Å². The zero-order valence-corrected chi connectivity index (χ0v) is 12.5. The SMILES string of the molecule is CCCc1nc(-c2cncn2C2CC2)c(N)n1C(C)C. The van der Waals surface area contributed by atoms with Gasteiger partial charge < -0.3 is 14.9 Å². The highest BCUT2D eigenvalue weighted by atomic mass is 15.2. The molecular formula is C15H23N5. The van der Waals surface area contributed by atoms with Gasteiger partial charge in [-0.2, -0.15) is 0 Å². The van der Waals surface area contributed by atoms with Crippen molar-refractivity contribution in [2.24, 2.45) is 0 Å². The molecule has 20 heavy (non-hydrogen) atoms. The Kier molecular flexibility index (Phi) is 3.28. The molecule has 5 nitrogen and oxygen atoms in total. The first kappa shape index (κ1) is 13.2. The Balaban J connectivity index is 2.09. The van der Waals surface area contributed by atoms with E-state index in [1.807, 2.05) is 12.5 Å². The maximum atomic E-state index is 6.38. The van der Waals surface area contributed by atoms with Crippen molar-refractivity contribution in [1.29, 1.82) is 0 Å². The highest BCUT2D eigenvalue weighted by molar-refractivity contribution is 5.68. The third-order valence-corrected chi connectivity index (χ3v) is 3.86. The molecule has 0 bridgehead atoms. The Labute approximate surface area is 119 Å². The maximum absolute atomic E-state index is 6.38. The van der Waals surface area contributed by atoms with Crippen molar-refractivity contribution in [3.63, 3.8) is 0 Å². The Morgan fingerprint density at radius 2 is 2.15 bits per heavy atom. The second kappa shape index (κ2) is 4.96. The van der Waals surface area contributed by atoms with Crippen LogP contribution in [-0.2, 0) is 6.42 Å². The van der Waals surface area contributed by atoms with Crippen molar-refractivity contribution < 1.29 is 0 Å². The number of nitrogen functional groups attached to an aromatic ring is 1. The normalized spacial score (nSPS) is 15.2. The summed E-state index contributed by atoms with van der Waals surface area (Å²) in [6, 6.07) is 0.917. The van der Waals surface area contributed by atoms with Gasteiger partial charge in [0.2, 0.25) is 0 Å². The van der Waals surface area contributed by atoms with E-state index in [-0.39, 0.29) is 0 Å². The number of hydrogen-bond donors (Lipinski definition) is 1. The molecule has 2 N–H and O–H groups in total. The van der Waals surface area contributed by atoms with Crippen LogP contribution in [0, 0.1) is 0 Å². The number of nitrogens with zero attached hydrogens (tertiary/aromatic N) is 4. The Hall–Kier alpha value is -1.78. The van der Waals surface area contributed by atoms with E-state index in [1.165, 1.54) is 12.8 Å². The van der Waals surface area contributed by atoms with Gasteiger partial charge in [0, 0.05) is 18.5 Å². The first-order valence-electron chi connectivity index (χ1n) is 7.52. The molecule has 2 aromatic heterocycles. The topological polar surface area (TPSA) is 61.7 Å². The largest absolute Gasteiger partial charge is 0.383 e. The van der Waals surface area contributed by atoms with E-state index < -0.39 is 0 Å². The molecular weight excluding hydrogens is 250 g/mol. The van der Waals surface area contributed by atoms with Crippen molar-refractivity contribution >= 4 is 5.82 Å². The van der Waals surface area contributed by atoms with Crippen LogP contribution in [0.3, 0.4) is 0 Å². The van der Waals surface area contributed by atoms with Gasteiger partial charge in [0.1, 0.15) is 17.3 Å². The predicted molar refractivity (Wildman–Crippen MR) is 80.5 cm³/mol. The van der Waals surface area contributed by atoms with Gasteiger partial charge in [0.25, 0.3) is 0 Å². The lowest BCUT2D eigenvalue weighted by atomic mass is 10.3. The Morgan fingerprint density at radius 3 is 2.75 bits per heavy atom. The van der Waals surface area contributed by atoms with E-state index in [0.717, 1.165) is 35.9 Å². The molecule has 0 aliphatic heterocycles. The fourth-order valence-electron chi connectivity index (χ4n) is 2.79. The number of hydrogen-bond acceptors (Lipinski definition) is 3. The molecule has 0 atom stereocenters. The quantitative estimate of drug-likeness (QED) is 0.910. The molecule has 0 spiro atoms. The highest BCUT2D eigenvalue weighted by Gasteiger charge is 2.28. The molecule has 1 fully saturated rings. The lowest BCUT2D eigenvalue weighted by molar-refractivity contribution is 0.571. The summed E-state index contributed by atoms with van der Waals surface area (Å²) in [6.45, 7) is 6.47. The first-order valence-corrected chi connectivity index (χ1v) is 7.52. The van der Waals surface area contributed by atoms with E-state index in [4.69, 9.17) is 10.7 Å². The summed E-state index contributed by atoms with van der Waals surface area (Å²) in [5.74, 6) is 1.85. The molecule has 0 amide bonds. The van der Waals surface area contributed by atoms with Crippen molar-refractivity contribution in [2.75, 3.05) is 5.73 Å². The summed E-state index contributed by atoms with van der Waals surface area (Å²) < 4.78 is 4.38. The van der Waals surface area contributed by atoms with Crippen LogP contribution in [0.15, 0.2) is 12.5 Å².